The number of benzene rings is 2. The Morgan fingerprint density at radius 3 is 2.39 bits per heavy atom. The van der Waals surface area contributed by atoms with Crippen LogP contribution in [0.1, 0.15) is 0 Å². The fourth-order valence-corrected chi connectivity index (χ4v) is 3.91. The minimum Gasteiger partial charge on any atom is -0.384 e. The van der Waals surface area contributed by atoms with Gasteiger partial charge in [-0.2, -0.15) is 5.10 Å². The summed E-state index contributed by atoms with van der Waals surface area (Å²) in [5.74, 6) is 0.469. The Morgan fingerprint density at radius 1 is 0.871 bits per heavy atom. The third-order valence-corrected chi connectivity index (χ3v) is 5.56. The van der Waals surface area contributed by atoms with Crippen molar-refractivity contribution in [1.82, 2.24) is 19.2 Å². The highest BCUT2D eigenvalue weighted by atomic mass is 16.1. The molecular weight excluding hydrogens is 386 g/mol. The number of fused-ring (bicyclic) bond motifs is 3. The summed E-state index contributed by atoms with van der Waals surface area (Å²) in [4.78, 5) is 17.6. The number of pyridine rings is 1. The first kappa shape index (κ1) is 17.4. The minimum absolute atomic E-state index is 0.0698. The van der Waals surface area contributed by atoms with Crippen LogP contribution in [-0.4, -0.2) is 19.2 Å². The van der Waals surface area contributed by atoms with Gasteiger partial charge in [0.15, 0.2) is 0 Å². The summed E-state index contributed by atoms with van der Waals surface area (Å²) < 4.78 is 3.56. The van der Waals surface area contributed by atoms with Gasteiger partial charge in [0.25, 0.3) is 5.56 Å². The zero-order valence-electron chi connectivity index (χ0n) is 16.4. The van der Waals surface area contributed by atoms with Gasteiger partial charge in [0.1, 0.15) is 11.5 Å². The molecule has 0 radical (unpaired) electrons. The van der Waals surface area contributed by atoms with Crippen molar-refractivity contribution in [3.63, 3.8) is 0 Å². The molecule has 0 fully saturated rings. The number of allylic oxidation sites excluding steroid dienone is 4. The summed E-state index contributed by atoms with van der Waals surface area (Å²) in [6.07, 6.45) is 7.51. The number of rotatable bonds is 3. The van der Waals surface area contributed by atoms with E-state index in [9.17, 15) is 4.79 Å². The van der Waals surface area contributed by atoms with Crippen LogP contribution in [0.25, 0.3) is 44.6 Å². The highest BCUT2D eigenvalue weighted by Gasteiger charge is 2.18. The summed E-state index contributed by atoms with van der Waals surface area (Å²) in [5.41, 5.74) is 11.7. The molecule has 0 atom stereocenters. The second kappa shape index (κ2) is 6.53. The number of nitrogen functional groups attached to an aromatic ring is 1. The largest absolute Gasteiger partial charge is 0.384 e. The van der Waals surface area contributed by atoms with Gasteiger partial charge in [0, 0.05) is 23.4 Å². The van der Waals surface area contributed by atoms with E-state index in [1.54, 1.807) is 16.8 Å². The lowest BCUT2D eigenvalue weighted by Gasteiger charge is -2.15. The molecule has 6 heteroatoms. The molecule has 1 aliphatic carbocycles. The van der Waals surface area contributed by atoms with Crippen molar-refractivity contribution >= 4 is 28.1 Å². The lowest BCUT2D eigenvalue weighted by Crippen LogP contribution is -2.22. The Balaban J connectivity index is 1.67. The topological polar surface area (TPSA) is 78.2 Å². The first-order valence-corrected chi connectivity index (χ1v) is 9.94. The molecule has 148 valence electrons. The Hall–Kier alpha value is -4.45. The average molecular weight is 403 g/mol. The molecule has 0 bridgehead atoms. The van der Waals surface area contributed by atoms with Crippen molar-refractivity contribution in [3.05, 3.63) is 102 Å². The van der Waals surface area contributed by atoms with Crippen LogP contribution >= 0.6 is 0 Å². The lowest BCUT2D eigenvalue weighted by molar-refractivity contribution is 0.937. The number of aromatic nitrogens is 4. The second-order valence-corrected chi connectivity index (χ2v) is 7.46. The van der Waals surface area contributed by atoms with E-state index in [1.165, 1.54) is 0 Å². The predicted molar refractivity (Wildman–Crippen MR) is 123 cm³/mol. The zero-order valence-corrected chi connectivity index (χ0v) is 16.4. The van der Waals surface area contributed by atoms with E-state index in [-0.39, 0.29) is 5.56 Å². The van der Waals surface area contributed by atoms with Gasteiger partial charge in [0.05, 0.1) is 22.3 Å². The van der Waals surface area contributed by atoms with Crippen molar-refractivity contribution < 1.29 is 0 Å². The smallest absolute Gasteiger partial charge is 0.266 e. The maximum Gasteiger partial charge on any atom is 0.266 e. The van der Waals surface area contributed by atoms with Gasteiger partial charge in [-0.05, 0) is 42.0 Å². The summed E-state index contributed by atoms with van der Waals surface area (Å²) in [5, 5.41) is 5.47. The van der Waals surface area contributed by atoms with Crippen LogP contribution in [0, 0.1) is 0 Å². The molecule has 3 aromatic heterocycles. The van der Waals surface area contributed by atoms with Gasteiger partial charge in [-0.1, -0.05) is 42.5 Å². The molecule has 6 rings (SSSR count). The third-order valence-electron chi connectivity index (χ3n) is 5.56. The van der Waals surface area contributed by atoms with Crippen LogP contribution in [-0.2, 0) is 0 Å². The molecule has 6 nitrogen and oxygen atoms in total. The number of hydrogen-bond acceptors (Lipinski definition) is 4. The number of nitrogens with zero attached hydrogens (tertiary/aromatic N) is 4. The molecular formula is C25H17N5O. The zero-order chi connectivity index (χ0) is 20.9. The molecule has 0 amide bonds. The van der Waals surface area contributed by atoms with Gasteiger partial charge in [-0.25, -0.2) is 9.50 Å². The van der Waals surface area contributed by atoms with Crippen LogP contribution in [0.3, 0.4) is 0 Å². The molecule has 0 unspecified atom stereocenters. The quantitative estimate of drug-likeness (QED) is 0.485. The van der Waals surface area contributed by atoms with E-state index in [2.05, 4.69) is 4.98 Å². The minimum atomic E-state index is -0.0698. The van der Waals surface area contributed by atoms with E-state index in [0.29, 0.717) is 11.2 Å². The van der Waals surface area contributed by atoms with Crippen LogP contribution in [0.2, 0.25) is 0 Å². The van der Waals surface area contributed by atoms with Crippen LogP contribution in [0.15, 0.2) is 95.9 Å². The van der Waals surface area contributed by atoms with Gasteiger partial charge in [-0.3, -0.25) is 9.36 Å². The van der Waals surface area contributed by atoms with E-state index < -0.39 is 0 Å². The van der Waals surface area contributed by atoms with Crippen molar-refractivity contribution in [2.45, 2.75) is 0 Å². The lowest BCUT2D eigenvalue weighted by atomic mass is 10.1. The predicted octanol–water partition coefficient (Wildman–Crippen LogP) is 4.37. The van der Waals surface area contributed by atoms with Crippen molar-refractivity contribution in [3.8, 4) is 22.4 Å². The molecule has 0 saturated heterocycles. The normalized spacial score (nSPS) is 12.8. The van der Waals surface area contributed by atoms with Crippen LogP contribution in [0.4, 0.5) is 5.82 Å². The Bertz CT molecular complexity index is 1590. The molecule has 2 N–H and O–H groups in total. The average Bonchev–Trinajstić information content (AvgIpc) is 3.21. The van der Waals surface area contributed by atoms with Crippen LogP contribution < -0.4 is 11.3 Å². The summed E-state index contributed by atoms with van der Waals surface area (Å²) in [7, 11) is 0. The monoisotopic (exact) mass is 403 g/mol. The summed E-state index contributed by atoms with van der Waals surface area (Å²) in [6, 6.07) is 21.4. The maximum atomic E-state index is 13.4. The van der Waals surface area contributed by atoms with Gasteiger partial charge < -0.3 is 5.73 Å². The Labute approximate surface area is 177 Å². The van der Waals surface area contributed by atoms with Crippen molar-refractivity contribution in [1.29, 1.82) is 0 Å². The highest BCUT2D eigenvalue weighted by molar-refractivity contribution is 5.88. The fraction of sp³-hybridized carbons (Fsp3) is 0. The summed E-state index contributed by atoms with van der Waals surface area (Å²) >= 11 is 0. The molecule has 31 heavy (non-hydrogen) atoms. The van der Waals surface area contributed by atoms with Gasteiger partial charge >= 0.3 is 0 Å². The van der Waals surface area contributed by atoms with E-state index in [0.717, 1.165) is 39.2 Å². The summed E-state index contributed by atoms with van der Waals surface area (Å²) in [6.45, 7) is 0. The fourth-order valence-electron chi connectivity index (χ4n) is 3.91. The Kier molecular flexibility index (Phi) is 3.67. The first-order chi connectivity index (χ1) is 15.2. The molecule has 0 saturated carbocycles. The van der Waals surface area contributed by atoms with Crippen molar-refractivity contribution in [2.75, 3.05) is 5.73 Å². The molecule has 0 aliphatic heterocycles. The molecule has 1 aliphatic rings. The van der Waals surface area contributed by atoms with Crippen molar-refractivity contribution in [2.24, 2.45) is 0 Å². The number of anilines is 1. The second-order valence-electron chi connectivity index (χ2n) is 7.46. The molecule has 0 spiro atoms. The number of hydrogen-bond donors (Lipinski definition) is 1. The molecule has 5 aromatic rings. The highest BCUT2D eigenvalue weighted by Crippen LogP contribution is 2.28. The maximum absolute atomic E-state index is 13.4. The molecule has 3 heterocycles. The van der Waals surface area contributed by atoms with Gasteiger partial charge in [-0.15, -0.1) is 0 Å². The SMILES string of the molecule is Nc1ccc(-c2ccc3c(=O)n(C4=CC=C4)c4cc(-c5ccccc5)nn4c3c2)cn1. The van der Waals surface area contributed by atoms with E-state index in [4.69, 9.17) is 10.8 Å². The first-order valence-electron chi connectivity index (χ1n) is 9.94. The van der Waals surface area contributed by atoms with E-state index >= 15 is 0 Å². The molecule has 2 aromatic carbocycles. The van der Waals surface area contributed by atoms with Crippen LogP contribution in [0.5, 0.6) is 0 Å². The van der Waals surface area contributed by atoms with E-state index in [1.807, 2.05) is 83.4 Å². The standard InChI is InChI=1S/C25H17N5O/c26-23-12-10-18(15-27-23)17-9-11-20-22(13-17)30-24(29(25(20)31)19-7-4-8-19)14-21(28-30)16-5-2-1-3-6-16/h1-15H,(H2,26,27). The van der Waals surface area contributed by atoms with Gasteiger partial charge in [0.2, 0.25) is 0 Å². The number of nitrogens with two attached hydrogens (primary N) is 1. The Morgan fingerprint density at radius 2 is 1.68 bits per heavy atom. The third kappa shape index (κ3) is 2.69.